The molecular formula is C12H12NOP. The molecule has 0 spiro atoms. The van der Waals surface area contributed by atoms with E-state index in [1.165, 1.54) is 0 Å². The number of hydrogen-bond acceptors (Lipinski definition) is 2. The minimum atomic E-state index is -0.605. The van der Waals surface area contributed by atoms with Crippen molar-refractivity contribution in [2.75, 3.05) is 0 Å². The quantitative estimate of drug-likeness (QED) is 0.800. The van der Waals surface area contributed by atoms with Gasteiger partial charge in [-0.1, -0.05) is 24.1 Å². The van der Waals surface area contributed by atoms with Gasteiger partial charge in [-0.2, -0.15) is 0 Å². The van der Waals surface area contributed by atoms with Crippen molar-refractivity contribution in [2.45, 2.75) is 6.42 Å². The Bertz CT molecular complexity index is 404. The molecule has 0 amide bonds. The molecule has 0 bridgehead atoms. The second kappa shape index (κ2) is 5.01. The summed E-state index contributed by atoms with van der Waals surface area (Å²) in [6.07, 6.45) is 4.12. The lowest BCUT2D eigenvalue weighted by Gasteiger charge is -2.13. The number of aliphatic hydroxyl groups excluding tert-OH is 1. The summed E-state index contributed by atoms with van der Waals surface area (Å²) in [6.45, 7) is 0. The van der Waals surface area contributed by atoms with E-state index < -0.39 is 7.53 Å². The van der Waals surface area contributed by atoms with Crippen LogP contribution in [0.15, 0.2) is 54.3 Å². The predicted octanol–water partition coefficient (Wildman–Crippen LogP) is 3.30. The summed E-state index contributed by atoms with van der Waals surface area (Å²) in [5.74, 6) is 4.61. The molecule has 0 saturated heterocycles. The number of pyridine rings is 1. The largest absolute Gasteiger partial charge is 0.515 e. The second-order valence-corrected chi connectivity index (χ2v) is 5.16. The molecule has 2 aromatic heterocycles. The van der Waals surface area contributed by atoms with Crippen LogP contribution < -0.4 is 0 Å². The first-order valence-electron chi connectivity index (χ1n) is 4.76. The molecule has 2 nitrogen and oxygen atoms in total. The van der Waals surface area contributed by atoms with Crippen molar-refractivity contribution in [3.63, 3.8) is 0 Å². The third-order valence-electron chi connectivity index (χ3n) is 2.10. The van der Waals surface area contributed by atoms with Gasteiger partial charge < -0.3 is 5.11 Å². The van der Waals surface area contributed by atoms with Crippen molar-refractivity contribution in [3.05, 3.63) is 65.7 Å². The first-order chi connectivity index (χ1) is 7.36. The molecule has 0 aliphatic rings. The van der Waals surface area contributed by atoms with E-state index in [-0.39, 0.29) is 0 Å². The lowest BCUT2D eigenvalue weighted by molar-refractivity contribution is 0.359. The third-order valence-corrected chi connectivity index (χ3v) is 3.84. The molecule has 15 heavy (non-hydrogen) atoms. The average Bonchev–Trinajstić information content (AvgIpc) is 2.31. The summed E-state index contributed by atoms with van der Waals surface area (Å²) >= 11 is 0. The van der Waals surface area contributed by atoms with Crippen molar-refractivity contribution in [1.82, 2.24) is 4.98 Å². The van der Waals surface area contributed by atoms with Crippen LogP contribution >= 0.6 is 7.53 Å². The zero-order valence-corrected chi connectivity index (χ0v) is 9.14. The van der Waals surface area contributed by atoms with E-state index >= 15 is 0 Å². The fraction of sp³-hybridized carbons (Fsp3) is 0.0833. The fourth-order valence-corrected chi connectivity index (χ4v) is 2.73. The lowest BCUT2D eigenvalue weighted by Crippen LogP contribution is -1.95. The van der Waals surface area contributed by atoms with E-state index in [9.17, 15) is 5.11 Å². The van der Waals surface area contributed by atoms with Crippen molar-refractivity contribution < 1.29 is 5.11 Å². The van der Waals surface area contributed by atoms with Crippen LogP contribution in [0.25, 0.3) is 0 Å². The molecular weight excluding hydrogens is 205 g/mol. The van der Waals surface area contributed by atoms with E-state index in [0.717, 1.165) is 5.56 Å². The number of aliphatic hydroxyl groups is 1. The maximum absolute atomic E-state index is 9.93. The van der Waals surface area contributed by atoms with Gasteiger partial charge in [0.15, 0.2) is 0 Å². The van der Waals surface area contributed by atoms with E-state index in [1.807, 2.05) is 41.9 Å². The highest BCUT2D eigenvalue weighted by Gasteiger charge is 2.04. The maximum Gasteiger partial charge on any atom is 0.0837 e. The molecule has 0 aliphatic heterocycles. The van der Waals surface area contributed by atoms with Crippen LogP contribution in [0, 0.1) is 5.85 Å². The zero-order chi connectivity index (χ0) is 10.5. The molecule has 0 aliphatic carbocycles. The van der Waals surface area contributed by atoms with Gasteiger partial charge in [-0.15, -0.1) is 0 Å². The van der Waals surface area contributed by atoms with Gasteiger partial charge in [0.1, 0.15) is 0 Å². The Morgan fingerprint density at radius 1 is 1.20 bits per heavy atom. The Morgan fingerprint density at radius 2 is 2.00 bits per heavy atom. The normalized spacial score (nSPS) is 10.5. The van der Waals surface area contributed by atoms with Gasteiger partial charge in [0, 0.05) is 18.2 Å². The summed E-state index contributed by atoms with van der Waals surface area (Å²) in [4.78, 5) is 4.02. The Kier molecular flexibility index (Phi) is 3.44. The van der Waals surface area contributed by atoms with Crippen LogP contribution in [0.3, 0.4) is 0 Å². The molecule has 1 N–H and O–H groups in total. The molecule has 0 aromatic carbocycles. The van der Waals surface area contributed by atoms with Gasteiger partial charge in [-0.05, 0) is 25.7 Å². The van der Waals surface area contributed by atoms with Gasteiger partial charge in [-0.25, -0.2) is 0 Å². The van der Waals surface area contributed by atoms with Crippen LogP contribution in [-0.2, 0) is 6.42 Å². The number of nitrogens with zero attached hydrogens (tertiary/aromatic N) is 1. The average molecular weight is 217 g/mol. The standard InChI is InChI=1S/C12H12NOP/c14-12(15-7-2-1-3-8-15)9-11-5-4-6-13-10-11/h1-8,10,14H,9H2. The molecule has 2 heterocycles. The van der Waals surface area contributed by atoms with Crippen LogP contribution in [0.4, 0.5) is 0 Å². The number of rotatable bonds is 3. The maximum atomic E-state index is 9.93. The van der Waals surface area contributed by atoms with Crippen LogP contribution in [0.5, 0.6) is 0 Å². The highest BCUT2D eigenvalue weighted by molar-refractivity contribution is 7.51. The van der Waals surface area contributed by atoms with E-state index in [1.54, 1.807) is 12.4 Å². The summed E-state index contributed by atoms with van der Waals surface area (Å²) in [7, 11) is -0.605. The lowest BCUT2D eigenvalue weighted by atomic mass is 10.2. The number of hydrogen-bond donors (Lipinski definition) is 1. The monoisotopic (exact) mass is 217 g/mol. The van der Waals surface area contributed by atoms with E-state index in [0.29, 0.717) is 12.3 Å². The molecule has 0 fully saturated rings. The Balaban J connectivity index is 2.08. The smallest absolute Gasteiger partial charge is 0.0837 e. The molecule has 0 saturated carbocycles. The highest BCUT2D eigenvalue weighted by atomic mass is 31.1. The van der Waals surface area contributed by atoms with Crippen molar-refractivity contribution >= 4 is 7.53 Å². The fourth-order valence-electron chi connectivity index (χ4n) is 1.35. The van der Waals surface area contributed by atoms with E-state index in [4.69, 9.17) is 0 Å². The first kappa shape index (κ1) is 10.3. The Morgan fingerprint density at radius 3 is 2.67 bits per heavy atom. The topological polar surface area (TPSA) is 33.1 Å². The summed E-state index contributed by atoms with van der Waals surface area (Å²) in [5, 5.41) is 9.93. The van der Waals surface area contributed by atoms with E-state index in [2.05, 4.69) is 4.98 Å². The van der Waals surface area contributed by atoms with Gasteiger partial charge >= 0.3 is 0 Å². The summed E-state index contributed by atoms with van der Waals surface area (Å²) in [5.41, 5.74) is 1.05. The Labute approximate surface area is 90.3 Å². The second-order valence-electron chi connectivity index (χ2n) is 3.24. The van der Waals surface area contributed by atoms with Crippen molar-refractivity contribution in [3.8, 4) is 0 Å². The molecule has 0 unspecified atom stereocenters. The molecule has 76 valence electrons. The Hall–Kier alpha value is -1.24. The van der Waals surface area contributed by atoms with Crippen LogP contribution in [-0.4, -0.2) is 10.1 Å². The molecule has 2 rings (SSSR count). The minimum Gasteiger partial charge on any atom is -0.515 e. The van der Waals surface area contributed by atoms with Gasteiger partial charge in [0.2, 0.25) is 0 Å². The summed E-state index contributed by atoms with van der Waals surface area (Å²) < 4.78 is 0. The summed E-state index contributed by atoms with van der Waals surface area (Å²) in [6, 6.07) is 9.78. The predicted molar refractivity (Wildman–Crippen MR) is 62.1 cm³/mol. The van der Waals surface area contributed by atoms with Crippen LogP contribution in [0.1, 0.15) is 5.56 Å². The number of aromatic nitrogens is 1. The highest BCUT2D eigenvalue weighted by Crippen LogP contribution is 2.37. The molecule has 0 atom stereocenters. The first-order valence-corrected chi connectivity index (χ1v) is 6.24. The molecule has 3 heteroatoms. The van der Waals surface area contributed by atoms with Gasteiger partial charge in [0.25, 0.3) is 0 Å². The van der Waals surface area contributed by atoms with Gasteiger partial charge in [0.05, 0.1) is 11.6 Å². The van der Waals surface area contributed by atoms with Gasteiger partial charge in [-0.3, -0.25) is 4.98 Å². The molecule has 2 aromatic rings. The molecule has 0 radical (unpaired) electrons. The minimum absolute atomic E-state index is 0.526. The third kappa shape index (κ3) is 2.85. The van der Waals surface area contributed by atoms with Crippen molar-refractivity contribution in [2.24, 2.45) is 0 Å². The van der Waals surface area contributed by atoms with Crippen LogP contribution in [0.2, 0.25) is 0 Å². The van der Waals surface area contributed by atoms with Crippen molar-refractivity contribution in [1.29, 1.82) is 0 Å². The zero-order valence-electron chi connectivity index (χ0n) is 8.24. The SMILES string of the molecule is O[C-](Cc1cccnc1)[p+]1ccccc1.